The van der Waals surface area contributed by atoms with Crippen LogP contribution in [-0.4, -0.2) is 29.9 Å². The van der Waals surface area contributed by atoms with Gasteiger partial charge >= 0.3 is 0 Å². The van der Waals surface area contributed by atoms with Crippen molar-refractivity contribution < 1.29 is 0 Å². The van der Waals surface area contributed by atoms with Crippen molar-refractivity contribution in [2.45, 2.75) is 0 Å². The Morgan fingerprint density at radius 3 is 1.46 bits per heavy atom. The maximum Gasteiger partial charge on any atom is 0.164 e. The van der Waals surface area contributed by atoms with Crippen LogP contribution in [0.3, 0.4) is 0 Å². The number of hydrogen-bond acceptors (Lipinski definition) is 6. The largest absolute Gasteiger partial charge is 0.256 e. The SMILES string of the molecule is c1ccc(-c2nc(-c3ccccc3)nc(-c3ccc(-c4nc(-c5ccc(-c6cccc7cccnc67)cc5)nc5ccccc45)cc3)n2)cc1. The Balaban J connectivity index is 1.10. The molecule has 0 saturated heterocycles. The van der Waals surface area contributed by atoms with Crippen LogP contribution in [0.25, 0.3) is 89.7 Å². The van der Waals surface area contributed by atoms with E-state index in [0.717, 1.165) is 66.4 Å². The van der Waals surface area contributed by atoms with Gasteiger partial charge in [-0.15, -0.1) is 0 Å². The van der Waals surface area contributed by atoms with Gasteiger partial charge in [0.05, 0.1) is 16.7 Å². The molecule has 3 aromatic heterocycles. The number of pyridine rings is 1. The van der Waals surface area contributed by atoms with Crippen LogP contribution in [-0.2, 0) is 0 Å². The van der Waals surface area contributed by atoms with E-state index in [9.17, 15) is 0 Å². The van der Waals surface area contributed by atoms with Gasteiger partial charge < -0.3 is 0 Å². The fraction of sp³-hybridized carbons (Fsp3) is 0. The normalized spacial score (nSPS) is 11.2. The van der Waals surface area contributed by atoms with Crippen molar-refractivity contribution in [3.8, 4) is 67.9 Å². The van der Waals surface area contributed by atoms with E-state index < -0.39 is 0 Å². The summed E-state index contributed by atoms with van der Waals surface area (Å²) in [6.07, 6.45) is 1.84. The van der Waals surface area contributed by atoms with E-state index in [4.69, 9.17) is 24.9 Å². The lowest BCUT2D eigenvalue weighted by Crippen LogP contribution is -2.00. The van der Waals surface area contributed by atoms with Gasteiger partial charge in [-0.3, -0.25) is 4.98 Å². The van der Waals surface area contributed by atoms with Gasteiger partial charge in [0.2, 0.25) is 0 Å². The van der Waals surface area contributed by atoms with Gasteiger partial charge in [-0.2, -0.15) is 0 Å². The maximum atomic E-state index is 5.14. The molecule has 9 aromatic rings. The molecule has 0 fully saturated rings. The highest BCUT2D eigenvalue weighted by molar-refractivity contribution is 5.95. The first-order valence-corrected chi connectivity index (χ1v) is 16.5. The summed E-state index contributed by atoms with van der Waals surface area (Å²) in [5.74, 6) is 2.54. The molecule has 0 unspecified atom stereocenters. The van der Waals surface area contributed by atoms with Crippen LogP contribution < -0.4 is 0 Å². The highest BCUT2D eigenvalue weighted by Gasteiger charge is 2.15. The van der Waals surface area contributed by atoms with Crippen LogP contribution in [0.15, 0.2) is 170 Å². The number of aromatic nitrogens is 6. The minimum absolute atomic E-state index is 0.610. The second-order valence-electron chi connectivity index (χ2n) is 12.0. The molecule has 50 heavy (non-hydrogen) atoms. The molecule has 0 amide bonds. The smallest absolute Gasteiger partial charge is 0.164 e. The Labute approximate surface area is 288 Å². The van der Waals surface area contributed by atoms with E-state index in [2.05, 4.69) is 83.8 Å². The van der Waals surface area contributed by atoms with E-state index in [1.54, 1.807) is 0 Å². The zero-order valence-electron chi connectivity index (χ0n) is 26.8. The van der Waals surface area contributed by atoms with Crippen molar-refractivity contribution in [3.63, 3.8) is 0 Å². The summed E-state index contributed by atoms with van der Waals surface area (Å²) in [5, 5.41) is 2.10. The Morgan fingerprint density at radius 2 is 0.820 bits per heavy atom. The molecule has 6 aromatic carbocycles. The van der Waals surface area contributed by atoms with Gasteiger partial charge in [0, 0.05) is 50.4 Å². The van der Waals surface area contributed by atoms with Gasteiger partial charge in [0.15, 0.2) is 23.3 Å². The third kappa shape index (κ3) is 5.55. The summed E-state index contributed by atoms with van der Waals surface area (Å²) in [6, 6.07) is 55.2. The van der Waals surface area contributed by atoms with E-state index >= 15 is 0 Å². The molecule has 0 aliphatic carbocycles. The molecule has 6 heteroatoms. The van der Waals surface area contributed by atoms with Crippen LogP contribution in [0.2, 0.25) is 0 Å². The van der Waals surface area contributed by atoms with E-state index in [1.807, 2.05) is 91.1 Å². The van der Waals surface area contributed by atoms with Gasteiger partial charge in [0.1, 0.15) is 0 Å². The van der Waals surface area contributed by atoms with Crippen molar-refractivity contribution in [3.05, 3.63) is 170 Å². The molecule has 0 N–H and O–H groups in total. The minimum atomic E-state index is 0.610. The van der Waals surface area contributed by atoms with Crippen molar-refractivity contribution in [1.29, 1.82) is 0 Å². The quantitative estimate of drug-likeness (QED) is 0.180. The first kappa shape index (κ1) is 29.2. The van der Waals surface area contributed by atoms with Gasteiger partial charge in [-0.05, 0) is 17.7 Å². The molecule has 6 nitrogen and oxygen atoms in total. The molecule has 0 saturated carbocycles. The van der Waals surface area contributed by atoms with Crippen LogP contribution in [0, 0.1) is 0 Å². The summed E-state index contributed by atoms with van der Waals surface area (Å²) in [6.45, 7) is 0. The standard InChI is InChI=1S/C44H28N6/c1-3-11-32(12-4-1)42-48-43(33-13-5-2-6-14-33)50-44(49-42)35-26-22-31(23-27-35)40-37-17-7-8-19-38(37)46-41(47-40)34-24-20-29(21-25-34)36-18-9-15-30-16-10-28-45-39(30)36/h1-28H. The van der Waals surface area contributed by atoms with Crippen molar-refractivity contribution in [2.75, 3.05) is 0 Å². The number of hydrogen-bond donors (Lipinski definition) is 0. The van der Waals surface area contributed by atoms with Crippen LogP contribution in [0.5, 0.6) is 0 Å². The summed E-state index contributed by atoms with van der Waals surface area (Å²) >= 11 is 0. The molecule has 0 bridgehead atoms. The predicted molar refractivity (Wildman–Crippen MR) is 201 cm³/mol. The molecule has 0 atom stereocenters. The lowest BCUT2D eigenvalue weighted by atomic mass is 10.00. The fourth-order valence-corrected chi connectivity index (χ4v) is 6.28. The van der Waals surface area contributed by atoms with Gasteiger partial charge in [-0.25, -0.2) is 24.9 Å². The second-order valence-corrected chi connectivity index (χ2v) is 12.0. The molecule has 234 valence electrons. The Morgan fingerprint density at radius 1 is 0.320 bits per heavy atom. The zero-order chi connectivity index (χ0) is 33.3. The first-order valence-electron chi connectivity index (χ1n) is 16.5. The molecule has 9 rings (SSSR count). The molecule has 3 heterocycles. The van der Waals surface area contributed by atoms with Gasteiger partial charge in [0.25, 0.3) is 0 Å². The summed E-state index contributed by atoms with van der Waals surface area (Å²) in [4.78, 5) is 29.4. The second kappa shape index (κ2) is 12.6. The Bertz CT molecular complexity index is 2560. The highest BCUT2D eigenvalue weighted by atomic mass is 15.0. The zero-order valence-corrected chi connectivity index (χ0v) is 26.8. The summed E-state index contributed by atoms with van der Waals surface area (Å²) < 4.78 is 0. The lowest BCUT2D eigenvalue weighted by Gasteiger charge is -2.11. The topological polar surface area (TPSA) is 77.3 Å². The molecule has 0 spiro atoms. The molecular formula is C44H28N6. The van der Waals surface area contributed by atoms with Crippen LogP contribution in [0.4, 0.5) is 0 Å². The van der Waals surface area contributed by atoms with Crippen LogP contribution in [0.1, 0.15) is 0 Å². The molecule has 0 aliphatic heterocycles. The average molecular weight is 641 g/mol. The number of nitrogens with zero attached hydrogens (tertiary/aromatic N) is 6. The number of fused-ring (bicyclic) bond motifs is 2. The monoisotopic (exact) mass is 640 g/mol. The van der Waals surface area contributed by atoms with E-state index in [1.165, 1.54) is 0 Å². The molecule has 0 aliphatic rings. The Kier molecular flexibility index (Phi) is 7.37. The number of benzene rings is 6. The third-order valence-corrected chi connectivity index (χ3v) is 8.81. The first-order chi connectivity index (χ1) is 24.8. The van der Waals surface area contributed by atoms with E-state index in [-0.39, 0.29) is 0 Å². The number of rotatable bonds is 6. The lowest BCUT2D eigenvalue weighted by molar-refractivity contribution is 1.07. The molecule has 0 radical (unpaired) electrons. The van der Waals surface area contributed by atoms with Gasteiger partial charge in [-0.1, -0.05) is 152 Å². The molecular weight excluding hydrogens is 613 g/mol. The number of para-hydroxylation sites is 2. The minimum Gasteiger partial charge on any atom is -0.256 e. The van der Waals surface area contributed by atoms with Crippen LogP contribution >= 0.6 is 0 Å². The van der Waals surface area contributed by atoms with Crippen molar-refractivity contribution >= 4 is 21.8 Å². The van der Waals surface area contributed by atoms with Crippen molar-refractivity contribution in [1.82, 2.24) is 29.9 Å². The average Bonchev–Trinajstić information content (AvgIpc) is 3.21. The third-order valence-electron chi connectivity index (χ3n) is 8.81. The predicted octanol–water partition coefficient (Wildman–Crippen LogP) is 10.4. The van der Waals surface area contributed by atoms with E-state index in [0.29, 0.717) is 23.3 Å². The Hall–Kier alpha value is -6.92. The maximum absolute atomic E-state index is 5.14. The fourth-order valence-electron chi connectivity index (χ4n) is 6.28. The summed E-state index contributed by atoms with van der Waals surface area (Å²) in [7, 11) is 0. The van der Waals surface area contributed by atoms with Crippen molar-refractivity contribution in [2.24, 2.45) is 0 Å². The highest BCUT2D eigenvalue weighted by Crippen LogP contribution is 2.33. The summed E-state index contributed by atoms with van der Waals surface area (Å²) in [5.41, 5.74) is 9.62.